The van der Waals surface area contributed by atoms with Crippen LogP contribution >= 0.6 is 23.7 Å². The Labute approximate surface area is 172 Å². The van der Waals surface area contributed by atoms with E-state index >= 15 is 0 Å². The Balaban J connectivity index is 0.00000225. The van der Waals surface area contributed by atoms with Crippen molar-refractivity contribution in [2.75, 3.05) is 26.7 Å². The molecule has 0 bridgehead atoms. The molecule has 3 heterocycles. The standard InChI is InChI=1S/C19H21FN4O2S.ClH/c1-23-8-7-22-18(23)14-10-21-6-9-24(14)19(25)17-12(11-26-2)16-13(20)4-3-5-15(16)27-17;/h3-5,7-8,14,21H,6,9-11H2,1-2H3;1H. The number of fused-ring (bicyclic) bond motifs is 1. The van der Waals surface area contributed by atoms with Gasteiger partial charge < -0.3 is 19.5 Å². The summed E-state index contributed by atoms with van der Waals surface area (Å²) in [6.07, 6.45) is 3.61. The van der Waals surface area contributed by atoms with Crippen molar-refractivity contribution in [1.29, 1.82) is 0 Å². The topological polar surface area (TPSA) is 59.4 Å². The molecule has 0 spiro atoms. The van der Waals surface area contributed by atoms with Gasteiger partial charge in [-0.1, -0.05) is 6.07 Å². The predicted octanol–water partition coefficient (Wildman–Crippen LogP) is 3.13. The summed E-state index contributed by atoms with van der Waals surface area (Å²) in [4.78, 5) is 20.3. The van der Waals surface area contributed by atoms with Crippen molar-refractivity contribution in [3.8, 4) is 0 Å². The van der Waals surface area contributed by atoms with E-state index in [0.717, 1.165) is 10.5 Å². The number of rotatable bonds is 4. The summed E-state index contributed by atoms with van der Waals surface area (Å²) in [5.41, 5.74) is 0.623. The van der Waals surface area contributed by atoms with E-state index in [1.807, 2.05) is 28.8 Å². The largest absolute Gasteiger partial charge is 0.380 e. The van der Waals surface area contributed by atoms with Crippen LogP contribution in [0.15, 0.2) is 30.6 Å². The van der Waals surface area contributed by atoms with Gasteiger partial charge in [0.05, 0.1) is 11.5 Å². The van der Waals surface area contributed by atoms with E-state index in [9.17, 15) is 9.18 Å². The first kappa shape index (κ1) is 20.7. The molecule has 4 rings (SSSR count). The van der Waals surface area contributed by atoms with Crippen molar-refractivity contribution in [2.24, 2.45) is 7.05 Å². The lowest BCUT2D eigenvalue weighted by Gasteiger charge is -2.35. The quantitative estimate of drug-likeness (QED) is 0.699. The second-order valence-corrected chi connectivity index (χ2v) is 7.62. The Hall–Kier alpha value is -2.00. The van der Waals surface area contributed by atoms with Crippen LogP contribution in [0.5, 0.6) is 0 Å². The van der Waals surface area contributed by atoms with Crippen LogP contribution in [0, 0.1) is 5.82 Å². The molecule has 1 aliphatic rings. The van der Waals surface area contributed by atoms with Gasteiger partial charge in [-0.2, -0.15) is 0 Å². The first-order chi connectivity index (χ1) is 13.1. The normalized spacial score (nSPS) is 17.0. The Morgan fingerprint density at radius 1 is 1.46 bits per heavy atom. The third kappa shape index (κ3) is 3.53. The van der Waals surface area contributed by atoms with Crippen LogP contribution in [-0.2, 0) is 18.4 Å². The zero-order valence-corrected chi connectivity index (χ0v) is 17.3. The molecule has 9 heteroatoms. The highest BCUT2D eigenvalue weighted by Gasteiger charge is 2.33. The third-order valence-electron chi connectivity index (χ3n) is 4.91. The Kier molecular flexibility index (Phi) is 6.34. The molecule has 3 aromatic rings. The number of amides is 1. The molecule has 1 aromatic carbocycles. The molecule has 1 saturated heterocycles. The van der Waals surface area contributed by atoms with Gasteiger partial charge in [0, 0.05) is 61.8 Å². The Morgan fingerprint density at radius 2 is 2.29 bits per heavy atom. The fourth-order valence-corrected chi connectivity index (χ4v) is 4.81. The summed E-state index contributed by atoms with van der Waals surface area (Å²) in [7, 11) is 3.48. The molecule has 1 amide bonds. The number of carbonyl (C=O) groups is 1. The number of ether oxygens (including phenoxy) is 1. The van der Waals surface area contributed by atoms with E-state index in [2.05, 4.69) is 10.3 Å². The second-order valence-electron chi connectivity index (χ2n) is 6.57. The van der Waals surface area contributed by atoms with Gasteiger partial charge >= 0.3 is 0 Å². The van der Waals surface area contributed by atoms with Crippen LogP contribution in [0.2, 0.25) is 0 Å². The number of nitrogens with zero attached hydrogens (tertiary/aromatic N) is 3. The van der Waals surface area contributed by atoms with Gasteiger partial charge in [-0.25, -0.2) is 9.37 Å². The lowest BCUT2D eigenvalue weighted by atomic mass is 10.1. The lowest BCUT2D eigenvalue weighted by molar-refractivity contribution is 0.0622. The van der Waals surface area contributed by atoms with Crippen molar-refractivity contribution in [1.82, 2.24) is 19.8 Å². The van der Waals surface area contributed by atoms with Gasteiger partial charge in [0.15, 0.2) is 0 Å². The summed E-state index contributed by atoms with van der Waals surface area (Å²) in [5.74, 6) is 0.407. The van der Waals surface area contributed by atoms with Crippen molar-refractivity contribution >= 4 is 39.7 Å². The fourth-order valence-electron chi connectivity index (χ4n) is 3.63. The van der Waals surface area contributed by atoms with E-state index in [0.29, 0.717) is 35.5 Å². The number of thiophene rings is 1. The van der Waals surface area contributed by atoms with Crippen LogP contribution in [0.4, 0.5) is 4.39 Å². The van der Waals surface area contributed by atoms with Crippen molar-refractivity contribution in [3.63, 3.8) is 0 Å². The average Bonchev–Trinajstić information content (AvgIpc) is 3.26. The van der Waals surface area contributed by atoms with Gasteiger partial charge in [0.1, 0.15) is 17.7 Å². The highest BCUT2D eigenvalue weighted by atomic mass is 35.5. The van der Waals surface area contributed by atoms with E-state index in [4.69, 9.17) is 4.74 Å². The number of benzene rings is 1. The minimum absolute atomic E-state index is 0. The van der Waals surface area contributed by atoms with Crippen molar-refractivity contribution in [3.05, 3.63) is 52.7 Å². The van der Waals surface area contributed by atoms with Crippen LogP contribution in [-0.4, -0.2) is 47.1 Å². The molecular weight excluding hydrogens is 403 g/mol. The molecule has 0 radical (unpaired) electrons. The molecule has 2 aromatic heterocycles. The van der Waals surface area contributed by atoms with Crippen molar-refractivity contribution < 1.29 is 13.9 Å². The number of nitrogens with one attached hydrogen (secondary N) is 1. The first-order valence-electron chi connectivity index (χ1n) is 8.79. The molecule has 1 aliphatic heterocycles. The Bertz CT molecular complexity index is 990. The summed E-state index contributed by atoms with van der Waals surface area (Å²) in [6, 6.07) is 4.76. The summed E-state index contributed by atoms with van der Waals surface area (Å²) >= 11 is 1.32. The van der Waals surface area contributed by atoms with Gasteiger partial charge in [0.25, 0.3) is 5.91 Å². The molecule has 1 N–H and O–H groups in total. The maximum absolute atomic E-state index is 14.4. The number of methoxy groups -OCH3 is 1. The van der Waals surface area contributed by atoms with E-state index in [-0.39, 0.29) is 36.8 Å². The van der Waals surface area contributed by atoms with E-state index in [1.165, 1.54) is 17.4 Å². The van der Waals surface area contributed by atoms with Crippen molar-refractivity contribution in [2.45, 2.75) is 12.6 Å². The molecule has 0 aliphatic carbocycles. The number of halogens is 2. The number of piperazine rings is 1. The highest BCUT2D eigenvalue weighted by molar-refractivity contribution is 7.21. The third-order valence-corrected chi connectivity index (χ3v) is 6.09. The monoisotopic (exact) mass is 424 g/mol. The van der Waals surface area contributed by atoms with Crippen LogP contribution in [0.3, 0.4) is 0 Å². The molecule has 6 nitrogen and oxygen atoms in total. The number of aryl methyl sites for hydroxylation is 1. The smallest absolute Gasteiger partial charge is 0.265 e. The number of carbonyl (C=O) groups excluding carboxylic acids is 1. The zero-order valence-electron chi connectivity index (χ0n) is 15.6. The minimum Gasteiger partial charge on any atom is -0.380 e. The highest BCUT2D eigenvalue weighted by Crippen LogP contribution is 2.36. The number of imidazole rings is 1. The predicted molar refractivity (Wildman–Crippen MR) is 110 cm³/mol. The summed E-state index contributed by atoms with van der Waals surface area (Å²) in [6.45, 7) is 2.11. The molecule has 150 valence electrons. The van der Waals surface area contributed by atoms with Crippen LogP contribution < -0.4 is 5.32 Å². The van der Waals surface area contributed by atoms with E-state index in [1.54, 1.807) is 19.4 Å². The fraction of sp³-hybridized carbons (Fsp3) is 0.368. The van der Waals surface area contributed by atoms with Gasteiger partial charge in [0.2, 0.25) is 0 Å². The SMILES string of the molecule is COCc1c(C(=O)N2CCNCC2c2nccn2C)sc2cccc(F)c12.Cl. The van der Waals surface area contributed by atoms with Gasteiger partial charge in [-0.15, -0.1) is 23.7 Å². The number of hydrogen-bond donors (Lipinski definition) is 1. The molecule has 0 saturated carbocycles. The number of aromatic nitrogens is 2. The lowest BCUT2D eigenvalue weighted by Crippen LogP contribution is -2.49. The van der Waals surface area contributed by atoms with Crippen LogP contribution in [0.25, 0.3) is 10.1 Å². The summed E-state index contributed by atoms with van der Waals surface area (Å²) < 4.78 is 22.4. The molecule has 1 unspecified atom stereocenters. The minimum atomic E-state index is -0.323. The van der Waals surface area contributed by atoms with Gasteiger partial charge in [-0.3, -0.25) is 4.79 Å². The van der Waals surface area contributed by atoms with E-state index < -0.39 is 0 Å². The maximum atomic E-state index is 14.4. The summed E-state index contributed by atoms with van der Waals surface area (Å²) in [5, 5.41) is 3.82. The average molecular weight is 425 g/mol. The molecule has 1 fully saturated rings. The molecular formula is C19H22ClFN4O2S. The maximum Gasteiger partial charge on any atom is 0.265 e. The van der Waals surface area contributed by atoms with Crippen LogP contribution in [0.1, 0.15) is 27.1 Å². The zero-order chi connectivity index (χ0) is 19.0. The first-order valence-corrected chi connectivity index (χ1v) is 9.61. The molecule has 1 atom stereocenters. The number of hydrogen-bond acceptors (Lipinski definition) is 5. The molecule has 28 heavy (non-hydrogen) atoms. The Morgan fingerprint density at radius 3 is 3.00 bits per heavy atom. The second kappa shape index (κ2) is 8.57. The van der Waals surface area contributed by atoms with Gasteiger partial charge in [-0.05, 0) is 12.1 Å².